The Labute approximate surface area is 179 Å². The molecule has 0 bridgehead atoms. The van der Waals surface area contributed by atoms with Gasteiger partial charge in [-0.1, -0.05) is 42.0 Å². The molecular weight excluding hydrogens is 397 g/mol. The summed E-state index contributed by atoms with van der Waals surface area (Å²) in [5.41, 5.74) is 9.73. The maximum Gasteiger partial charge on any atom is 0.277 e. The van der Waals surface area contributed by atoms with Gasteiger partial charge < -0.3 is 10.6 Å². The Hall–Kier alpha value is -2.83. The summed E-state index contributed by atoms with van der Waals surface area (Å²) in [5, 5.41) is 0.302. The van der Waals surface area contributed by atoms with Crippen LogP contribution < -0.4 is 5.73 Å². The second-order valence-corrected chi connectivity index (χ2v) is 8.55. The number of hydrogen-bond donors (Lipinski definition) is 1. The molecular formula is C24H24FN3OS. The van der Waals surface area contributed by atoms with Gasteiger partial charge in [-0.15, -0.1) is 11.3 Å². The quantitative estimate of drug-likeness (QED) is 0.624. The highest BCUT2D eigenvalue weighted by molar-refractivity contribution is 7.14. The number of halogens is 1. The molecule has 2 heterocycles. The highest BCUT2D eigenvalue weighted by Gasteiger charge is 2.19. The Kier molecular flexibility index (Phi) is 6.35. The van der Waals surface area contributed by atoms with Gasteiger partial charge in [0.1, 0.15) is 5.82 Å². The van der Waals surface area contributed by atoms with Crippen LogP contribution in [0.2, 0.25) is 0 Å². The largest absolute Gasteiger partial charge is 0.364 e. The Morgan fingerprint density at radius 1 is 1.10 bits per heavy atom. The second-order valence-electron chi connectivity index (χ2n) is 7.47. The summed E-state index contributed by atoms with van der Waals surface area (Å²) in [7, 11) is 0. The van der Waals surface area contributed by atoms with Gasteiger partial charge in [0.2, 0.25) is 0 Å². The molecule has 1 aliphatic rings. The zero-order valence-corrected chi connectivity index (χ0v) is 17.5. The average Bonchev–Trinajstić information content (AvgIpc) is 3.19. The number of hydrogen-bond acceptors (Lipinski definition) is 4. The Morgan fingerprint density at radius 3 is 2.47 bits per heavy atom. The van der Waals surface area contributed by atoms with E-state index in [9.17, 15) is 9.18 Å². The zero-order valence-electron chi connectivity index (χ0n) is 16.7. The number of primary amides is 1. The maximum atomic E-state index is 13.3. The van der Waals surface area contributed by atoms with Gasteiger partial charge in [-0.05, 0) is 49.1 Å². The molecule has 0 unspecified atom stereocenters. The van der Waals surface area contributed by atoms with E-state index in [1.54, 1.807) is 12.1 Å². The first-order valence-corrected chi connectivity index (χ1v) is 10.9. The molecule has 1 aromatic heterocycles. The van der Waals surface area contributed by atoms with Crippen LogP contribution in [0.5, 0.6) is 0 Å². The van der Waals surface area contributed by atoms with Crippen molar-refractivity contribution in [1.82, 2.24) is 9.88 Å². The number of nitrogens with two attached hydrogens (primary N) is 1. The number of aromatic nitrogens is 1. The molecule has 154 valence electrons. The Bertz CT molecular complexity index is 1030. The fourth-order valence-corrected chi connectivity index (χ4v) is 4.64. The average molecular weight is 422 g/mol. The molecule has 0 aliphatic carbocycles. The minimum atomic E-state index is -0.525. The Morgan fingerprint density at radius 2 is 1.80 bits per heavy atom. The summed E-state index contributed by atoms with van der Waals surface area (Å²) in [5.74, 6) is -0.818. The number of benzene rings is 2. The summed E-state index contributed by atoms with van der Waals surface area (Å²) >= 11 is 1.34. The smallest absolute Gasteiger partial charge is 0.277 e. The molecule has 30 heavy (non-hydrogen) atoms. The van der Waals surface area contributed by atoms with E-state index in [2.05, 4.69) is 40.2 Å². The first kappa shape index (κ1) is 20.4. The summed E-state index contributed by atoms with van der Waals surface area (Å²) in [4.78, 5) is 19.5. The SMILES string of the molecule is NC(=O)c1nc(-c2ccc(F)cc2)c(CCN2CCC(=Cc3ccccc3)CC2)s1. The van der Waals surface area contributed by atoms with E-state index < -0.39 is 5.91 Å². The van der Waals surface area contributed by atoms with Gasteiger partial charge in [0.05, 0.1) is 5.69 Å². The number of thiazole rings is 1. The number of rotatable bonds is 6. The molecule has 4 nitrogen and oxygen atoms in total. The molecule has 0 atom stereocenters. The Balaban J connectivity index is 1.41. The highest BCUT2D eigenvalue weighted by Crippen LogP contribution is 2.29. The minimum Gasteiger partial charge on any atom is -0.364 e. The molecule has 2 aromatic carbocycles. The first-order valence-electron chi connectivity index (χ1n) is 10.1. The molecule has 0 spiro atoms. The lowest BCUT2D eigenvalue weighted by atomic mass is 10.0. The molecule has 0 radical (unpaired) electrons. The number of likely N-dealkylation sites (tertiary alicyclic amines) is 1. The third-order valence-electron chi connectivity index (χ3n) is 5.35. The summed E-state index contributed by atoms with van der Waals surface area (Å²) in [6.45, 7) is 2.94. The summed E-state index contributed by atoms with van der Waals surface area (Å²) in [6, 6.07) is 16.6. The van der Waals surface area contributed by atoms with Crippen LogP contribution in [-0.2, 0) is 6.42 Å². The van der Waals surface area contributed by atoms with Crippen molar-refractivity contribution in [1.29, 1.82) is 0 Å². The van der Waals surface area contributed by atoms with Crippen LogP contribution in [0.3, 0.4) is 0 Å². The van der Waals surface area contributed by atoms with Crippen LogP contribution in [0.4, 0.5) is 4.39 Å². The fourth-order valence-electron chi connectivity index (χ4n) is 3.71. The highest BCUT2D eigenvalue weighted by atomic mass is 32.1. The van der Waals surface area contributed by atoms with Crippen molar-refractivity contribution >= 4 is 23.3 Å². The monoisotopic (exact) mass is 421 g/mol. The maximum absolute atomic E-state index is 13.3. The van der Waals surface area contributed by atoms with Crippen LogP contribution in [-0.4, -0.2) is 35.4 Å². The van der Waals surface area contributed by atoms with Gasteiger partial charge in [0, 0.05) is 30.1 Å². The number of nitrogens with zero attached hydrogens (tertiary/aromatic N) is 2. The van der Waals surface area contributed by atoms with E-state index in [4.69, 9.17) is 5.73 Å². The van der Waals surface area contributed by atoms with Crippen molar-refractivity contribution < 1.29 is 9.18 Å². The zero-order chi connectivity index (χ0) is 20.9. The predicted molar refractivity (Wildman–Crippen MR) is 120 cm³/mol. The van der Waals surface area contributed by atoms with E-state index in [-0.39, 0.29) is 5.82 Å². The van der Waals surface area contributed by atoms with Crippen molar-refractivity contribution in [3.05, 3.63) is 81.4 Å². The topological polar surface area (TPSA) is 59.2 Å². The lowest BCUT2D eigenvalue weighted by Gasteiger charge is -2.28. The van der Waals surface area contributed by atoms with Crippen LogP contribution >= 0.6 is 11.3 Å². The third-order valence-corrected chi connectivity index (χ3v) is 6.48. The molecule has 2 N–H and O–H groups in total. The van der Waals surface area contributed by atoms with Crippen molar-refractivity contribution in [3.63, 3.8) is 0 Å². The normalized spacial score (nSPS) is 14.6. The predicted octanol–water partition coefficient (Wildman–Crippen LogP) is 4.77. The molecule has 1 fully saturated rings. The molecule has 1 saturated heterocycles. The molecule has 1 aliphatic heterocycles. The number of piperidine rings is 1. The van der Waals surface area contributed by atoms with E-state index in [0.29, 0.717) is 5.01 Å². The van der Waals surface area contributed by atoms with Gasteiger partial charge in [-0.2, -0.15) is 0 Å². The lowest BCUT2D eigenvalue weighted by Crippen LogP contribution is -2.32. The third kappa shape index (κ3) is 5.01. The molecule has 3 aromatic rings. The van der Waals surface area contributed by atoms with Gasteiger partial charge in [0.15, 0.2) is 5.01 Å². The van der Waals surface area contributed by atoms with Crippen LogP contribution in [0.1, 0.15) is 33.1 Å². The number of carbonyl (C=O) groups is 1. The van der Waals surface area contributed by atoms with E-state index >= 15 is 0 Å². The van der Waals surface area contributed by atoms with Crippen molar-refractivity contribution in [2.75, 3.05) is 19.6 Å². The fraction of sp³-hybridized carbons (Fsp3) is 0.250. The van der Waals surface area contributed by atoms with E-state index in [1.807, 2.05) is 6.07 Å². The lowest BCUT2D eigenvalue weighted by molar-refractivity contribution is 0.1000. The van der Waals surface area contributed by atoms with Crippen molar-refractivity contribution in [2.24, 2.45) is 5.73 Å². The van der Waals surface area contributed by atoms with E-state index in [0.717, 1.165) is 55.0 Å². The van der Waals surface area contributed by atoms with Crippen LogP contribution in [0, 0.1) is 5.82 Å². The second kappa shape index (κ2) is 9.32. The first-order chi connectivity index (χ1) is 14.6. The molecule has 4 rings (SSSR count). The van der Waals surface area contributed by atoms with Gasteiger partial charge in [-0.3, -0.25) is 4.79 Å². The van der Waals surface area contributed by atoms with Crippen LogP contribution in [0.25, 0.3) is 17.3 Å². The van der Waals surface area contributed by atoms with Gasteiger partial charge in [0.25, 0.3) is 5.91 Å². The molecule has 1 amide bonds. The number of amides is 1. The summed E-state index contributed by atoms with van der Waals surface area (Å²) in [6.07, 6.45) is 5.21. The minimum absolute atomic E-state index is 0.293. The standard InChI is InChI=1S/C24H24FN3OS/c25-20-8-6-19(7-9-20)22-21(30-24(27-22)23(26)29)12-15-28-13-10-18(11-14-28)16-17-4-2-1-3-5-17/h1-9,16H,10-15H2,(H2,26,29). The van der Waals surface area contributed by atoms with Crippen molar-refractivity contribution in [3.8, 4) is 11.3 Å². The van der Waals surface area contributed by atoms with Gasteiger partial charge in [-0.25, -0.2) is 9.37 Å². The van der Waals surface area contributed by atoms with Crippen LogP contribution in [0.15, 0.2) is 60.2 Å². The summed E-state index contributed by atoms with van der Waals surface area (Å²) < 4.78 is 13.3. The van der Waals surface area contributed by atoms with Gasteiger partial charge >= 0.3 is 0 Å². The number of carbonyl (C=O) groups excluding carboxylic acids is 1. The van der Waals surface area contributed by atoms with E-state index in [1.165, 1.54) is 34.6 Å². The molecule has 6 heteroatoms. The molecule has 0 saturated carbocycles. The van der Waals surface area contributed by atoms with Crippen molar-refractivity contribution in [2.45, 2.75) is 19.3 Å².